The first-order chi connectivity index (χ1) is 16.1. The maximum Gasteiger partial charge on any atom is 0.274 e. The van der Waals surface area contributed by atoms with Crippen molar-refractivity contribution in [2.75, 3.05) is 18.9 Å². The predicted octanol–water partition coefficient (Wildman–Crippen LogP) is 4.07. The van der Waals surface area contributed by atoms with E-state index in [-0.39, 0.29) is 40.9 Å². The molecule has 2 N–H and O–H groups in total. The van der Waals surface area contributed by atoms with Crippen LogP contribution in [-0.4, -0.2) is 51.1 Å². The van der Waals surface area contributed by atoms with Gasteiger partial charge in [-0.3, -0.25) is 14.9 Å². The first-order valence-electron chi connectivity index (χ1n) is 12.0. The van der Waals surface area contributed by atoms with E-state index in [4.69, 9.17) is 4.98 Å². The maximum atomic E-state index is 12.9. The van der Waals surface area contributed by atoms with E-state index in [0.717, 1.165) is 25.0 Å². The molecule has 7 nitrogen and oxygen atoms in total. The zero-order valence-corrected chi connectivity index (χ0v) is 21.6. The van der Waals surface area contributed by atoms with Crippen LogP contribution in [0, 0.1) is 23.2 Å². The van der Waals surface area contributed by atoms with Gasteiger partial charge < -0.3 is 14.6 Å². The summed E-state index contributed by atoms with van der Waals surface area (Å²) in [6.07, 6.45) is 5.59. The Balaban J connectivity index is 1.55. The van der Waals surface area contributed by atoms with E-state index in [1.807, 2.05) is 26.2 Å². The number of anilines is 1. The summed E-state index contributed by atoms with van der Waals surface area (Å²) in [6, 6.07) is 3.63. The first-order valence-corrected chi connectivity index (χ1v) is 12.8. The number of likely N-dealkylation sites (N-methyl/N-ethyl adjacent to an activating group) is 1. The summed E-state index contributed by atoms with van der Waals surface area (Å²) in [6.45, 7) is 10.6. The highest BCUT2D eigenvalue weighted by atomic mass is 32.1. The van der Waals surface area contributed by atoms with Gasteiger partial charge in [-0.15, -0.1) is 17.9 Å². The molecule has 2 aliphatic carbocycles. The summed E-state index contributed by atoms with van der Waals surface area (Å²) < 4.78 is 1.78. The predicted molar refractivity (Wildman–Crippen MR) is 135 cm³/mol. The van der Waals surface area contributed by atoms with Crippen LogP contribution in [0.4, 0.5) is 5.13 Å². The molecule has 184 valence electrons. The maximum absolute atomic E-state index is 12.9. The molecule has 2 aliphatic rings. The molecule has 8 heteroatoms. The largest absolute Gasteiger partial charge is 0.392 e. The summed E-state index contributed by atoms with van der Waals surface area (Å²) >= 11 is 1.54. The van der Waals surface area contributed by atoms with Crippen LogP contribution in [0.3, 0.4) is 0 Å². The minimum absolute atomic E-state index is 0.0113. The molecule has 0 aromatic carbocycles. The Kier molecular flexibility index (Phi) is 6.75. The smallest absolute Gasteiger partial charge is 0.274 e. The van der Waals surface area contributed by atoms with E-state index in [9.17, 15) is 14.7 Å². The van der Waals surface area contributed by atoms with Crippen molar-refractivity contribution in [3.05, 3.63) is 47.2 Å². The third-order valence-corrected chi connectivity index (χ3v) is 9.12. The number of nitrogens with zero attached hydrogens (tertiary/aromatic N) is 3. The number of aryl methyl sites for hydroxylation is 1. The molecule has 2 amide bonds. The lowest BCUT2D eigenvalue weighted by Gasteiger charge is -2.53. The van der Waals surface area contributed by atoms with E-state index in [1.165, 1.54) is 4.88 Å². The number of aromatic nitrogens is 2. The topological polar surface area (TPSA) is 87.5 Å². The summed E-state index contributed by atoms with van der Waals surface area (Å²) in [4.78, 5) is 33.3. The second-order valence-corrected chi connectivity index (χ2v) is 11.5. The highest BCUT2D eigenvalue weighted by Crippen LogP contribution is 2.57. The van der Waals surface area contributed by atoms with Crippen LogP contribution in [0.1, 0.15) is 60.6 Å². The highest BCUT2D eigenvalue weighted by Gasteiger charge is 2.54. The van der Waals surface area contributed by atoms with Gasteiger partial charge in [-0.25, -0.2) is 4.98 Å². The standard InChI is InChI=1S/C26H36N4O3S/c1-7-12-30(6)24(33)15(2)17-10-11-26(4)14-19-21(16(3)20(26)22(17)31)27-25(34-19)28-23(32)18-9-8-13-29(18)5/h7-9,13,15-17,20,22,31H,1,10-12,14H2,2-6H3,(H,27,28,32). The number of aliphatic hydroxyl groups excluding tert-OH is 1. The molecule has 4 rings (SSSR count). The lowest BCUT2D eigenvalue weighted by Crippen LogP contribution is -2.53. The van der Waals surface area contributed by atoms with E-state index >= 15 is 0 Å². The van der Waals surface area contributed by atoms with Crippen LogP contribution in [0.15, 0.2) is 31.0 Å². The summed E-state index contributed by atoms with van der Waals surface area (Å²) in [7, 11) is 3.63. The highest BCUT2D eigenvalue weighted by molar-refractivity contribution is 7.15. The fourth-order valence-electron chi connectivity index (χ4n) is 6.27. The van der Waals surface area contributed by atoms with Crippen LogP contribution in [0.25, 0.3) is 0 Å². The quantitative estimate of drug-likeness (QED) is 0.605. The SMILES string of the molecule is C=CCN(C)C(=O)C(C)C1CCC2(C)Cc3sc(NC(=O)c4cccn4C)nc3C(C)C2C1O. The molecular weight excluding hydrogens is 448 g/mol. The van der Waals surface area contributed by atoms with Gasteiger partial charge in [0.15, 0.2) is 5.13 Å². The Hall–Kier alpha value is -2.45. The van der Waals surface area contributed by atoms with Crippen molar-refractivity contribution in [3.8, 4) is 0 Å². The van der Waals surface area contributed by atoms with E-state index in [0.29, 0.717) is 17.4 Å². The number of amides is 2. The van der Waals surface area contributed by atoms with Crippen molar-refractivity contribution in [2.24, 2.45) is 30.2 Å². The van der Waals surface area contributed by atoms with Gasteiger partial charge in [0, 0.05) is 43.5 Å². The molecule has 0 aliphatic heterocycles. The molecule has 1 fully saturated rings. The molecule has 0 saturated heterocycles. The number of aliphatic hydroxyl groups is 1. The van der Waals surface area contributed by atoms with Crippen molar-refractivity contribution < 1.29 is 14.7 Å². The molecule has 0 bridgehead atoms. The number of nitrogens with one attached hydrogen (secondary N) is 1. The van der Waals surface area contributed by atoms with Crippen LogP contribution in [0.2, 0.25) is 0 Å². The van der Waals surface area contributed by atoms with Gasteiger partial charge in [-0.2, -0.15) is 0 Å². The van der Waals surface area contributed by atoms with Gasteiger partial charge in [0.05, 0.1) is 11.8 Å². The third kappa shape index (κ3) is 4.22. The molecule has 2 aromatic rings. The molecule has 6 unspecified atom stereocenters. The molecule has 0 spiro atoms. The van der Waals surface area contributed by atoms with Crippen LogP contribution in [-0.2, 0) is 18.3 Å². The van der Waals surface area contributed by atoms with Gasteiger partial charge in [0.2, 0.25) is 5.91 Å². The second-order valence-electron chi connectivity index (χ2n) is 10.4. The second kappa shape index (κ2) is 9.30. The number of thiazole rings is 1. The molecular formula is C26H36N4O3S. The third-order valence-electron chi connectivity index (χ3n) is 8.13. The zero-order valence-electron chi connectivity index (χ0n) is 20.7. The number of hydrogen-bond donors (Lipinski definition) is 2. The number of fused-ring (bicyclic) bond motifs is 2. The first kappa shape index (κ1) is 24.7. The van der Waals surface area contributed by atoms with Crippen molar-refractivity contribution in [3.63, 3.8) is 0 Å². The summed E-state index contributed by atoms with van der Waals surface area (Å²) in [5.41, 5.74) is 1.49. The van der Waals surface area contributed by atoms with Crippen LogP contribution < -0.4 is 5.32 Å². The van der Waals surface area contributed by atoms with Crippen molar-refractivity contribution in [1.29, 1.82) is 0 Å². The van der Waals surface area contributed by atoms with Crippen molar-refractivity contribution >= 4 is 28.3 Å². The van der Waals surface area contributed by atoms with Crippen molar-refractivity contribution in [2.45, 2.75) is 52.1 Å². The minimum atomic E-state index is -0.582. The Morgan fingerprint density at radius 3 is 2.88 bits per heavy atom. The average Bonchev–Trinajstić information content (AvgIpc) is 3.38. The van der Waals surface area contributed by atoms with Gasteiger partial charge in [-0.05, 0) is 48.6 Å². The Bertz CT molecular complexity index is 1090. The monoisotopic (exact) mass is 484 g/mol. The van der Waals surface area contributed by atoms with Crippen LogP contribution in [0.5, 0.6) is 0 Å². The van der Waals surface area contributed by atoms with Gasteiger partial charge in [0.25, 0.3) is 5.91 Å². The average molecular weight is 485 g/mol. The molecule has 2 aromatic heterocycles. The van der Waals surface area contributed by atoms with Crippen molar-refractivity contribution in [1.82, 2.24) is 14.5 Å². The number of rotatable bonds is 6. The summed E-state index contributed by atoms with van der Waals surface area (Å²) in [5.74, 6) is -0.415. The van der Waals surface area contributed by atoms with E-state index in [1.54, 1.807) is 40.0 Å². The minimum Gasteiger partial charge on any atom is -0.392 e. The Labute approximate surface area is 205 Å². The van der Waals surface area contributed by atoms with Gasteiger partial charge >= 0.3 is 0 Å². The fourth-order valence-corrected chi connectivity index (χ4v) is 7.53. The number of hydrogen-bond acceptors (Lipinski definition) is 5. The fraction of sp³-hybridized carbons (Fsp3) is 0.577. The number of carbonyl (C=O) groups excluding carboxylic acids is 2. The van der Waals surface area contributed by atoms with Gasteiger partial charge in [-0.1, -0.05) is 26.8 Å². The van der Waals surface area contributed by atoms with Crippen LogP contribution >= 0.6 is 11.3 Å². The van der Waals surface area contributed by atoms with Gasteiger partial charge in [0.1, 0.15) is 5.69 Å². The molecule has 2 heterocycles. The molecule has 1 saturated carbocycles. The Morgan fingerprint density at radius 1 is 1.50 bits per heavy atom. The molecule has 34 heavy (non-hydrogen) atoms. The molecule has 0 radical (unpaired) electrons. The Morgan fingerprint density at radius 2 is 2.24 bits per heavy atom. The number of carbonyl (C=O) groups is 2. The summed E-state index contributed by atoms with van der Waals surface area (Å²) in [5, 5.41) is 15.1. The zero-order chi connectivity index (χ0) is 24.8. The van der Waals surface area contributed by atoms with E-state index in [2.05, 4.69) is 25.7 Å². The molecule has 6 atom stereocenters. The lowest BCUT2D eigenvalue weighted by molar-refractivity contribution is -0.143. The van der Waals surface area contributed by atoms with E-state index < -0.39 is 6.10 Å². The normalized spacial score (nSPS) is 29.0. The lowest BCUT2D eigenvalue weighted by atomic mass is 9.53.